The van der Waals surface area contributed by atoms with Gasteiger partial charge < -0.3 is 14.5 Å². The summed E-state index contributed by atoms with van der Waals surface area (Å²) in [7, 11) is 4.09. The van der Waals surface area contributed by atoms with Crippen molar-refractivity contribution in [2.45, 2.75) is 0 Å². The van der Waals surface area contributed by atoms with E-state index in [1.54, 1.807) is 0 Å². The van der Waals surface area contributed by atoms with Crippen molar-refractivity contribution >= 4 is 6.41 Å². The molecule has 1 aliphatic rings. The molecule has 1 aliphatic heterocycles. The van der Waals surface area contributed by atoms with Gasteiger partial charge in [0.15, 0.2) is 0 Å². The Labute approximate surface area is 97.9 Å². The van der Waals surface area contributed by atoms with Crippen molar-refractivity contribution in [1.82, 2.24) is 14.7 Å². The minimum Gasteiger partial charge on any atom is -0.379 e. The summed E-state index contributed by atoms with van der Waals surface area (Å²) in [5.74, 6) is 0. The van der Waals surface area contributed by atoms with E-state index in [1.807, 2.05) is 19.0 Å². The molecule has 0 unspecified atom stereocenters. The molecule has 1 fully saturated rings. The molecule has 1 amide bonds. The van der Waals surface area contributed by atoms with Crippen molar-refractivity contribution in [3.05, 3.63) is 0 Å². The molecule has 0 radical (unpaired) electrons. The van der Waals surface area contributed by atoms with Crippen LogP contribution in [0.2, 0.25) is 0 Å². The molecule has 5 nitrogen and oxygen atoms in total. The minimum absolute atomic E-state index is 0.787. The highest BCUT2D eigenvalue weighted by Crippen LogP contribution is 1.98. The smallest absolute Gasteiger partial charge is 0.209 e. The lowest BCUT2D eigenvalue weighted by Crippen LogP contribution is -2.46. The normalized spacial score (nSPS) is 18.1. The van der Waals surface area contributed by atoms with Crippen molar-refractivity contribution in [1.29, 1.82) is 0 Å². The van der Waals surface area contributed by atoms with Gasteiger partial charge >= 0.3 is 0 Å². The number of likely N-dealkylation sites (N-methyl/N-ethyl adjacent to an activating group) is 1. The number of carbonyl (C=O) groups is 1. The van der Waals surface area contributed by atoms with E-state index < -0.39 is 0 Å². The summed E-state index contributed by atoms with van der Waals surface area (Å²) in [6, 6.07) is 0. The fraction of sp³-hybridized carbons (Fsp3) is 0.909. The first kappa shape index (κ1) is 13.4. The number of amides is 1. The van der Waals surface area contributed by atoms with Crippen molar-refractivity contribution in [2.24, 2.45) is 0 Å². The Balaban J connectivity index is 1.96. The maximum atomic E-state index is 10.5. The Morgan fingerprint density at radius 3 is 2.44 bits per heavy atom. The van der Waals surface area contributed by atoms with Crippen LogP contribution in [0.3, 0.4) is 0 Å². The highest BCUT2D eigenvalue weighted by atomic mass is 16.5. The van der Waals surface area contributed by atoms with Gasteiger partial charge in [0.05, 0.1) is 13.2 Å². The van der Waals surface area contributed by atoms with Gasteiger partial charge in [0, 0.05) is 39.3 Å². The Hall–Kier alpha value is -0.650. The molecule has 0 aliphatic carbocycles. The van der Waals surface area contributed by atoms with Crippen LogP contribution in [-0.2, 0) is 9.53 Å². The monoisotopic (exact) mass is 229 g/mol. The maximum absolute atomic E-state index is 10.5. The third kappa shape index (κ3) is 5.44. The molecule has 0 aromatic rings. The molecule has 94 valence electrons. The summed E-state index contributed by atoms with van der Waals surface area (Å²) >= 11 is 0. The van der Waals surface area contributed by atoms with Crippen molar-refractivity contribution in [3.63, 3.8) is 0 Å². The third-order valence-electron chi connectivity index (χ3n) is 2.79. The zero-order valence-electron chi connectivity index (χ0n) is 10.4. The molecule has 0 aromatic carbocycles. The van der Waals surface area contributed by atoms with Gasteiger partial charge in [0.2, 0.25) is 6.41 Å². The standard InChI is InChI=1S/C11H23N3O2/c1-12(2)7-9-16-10-8-13-3-5-14(11-15)6-4-13/h11H,3-10H2,1-2H3. The number of rotatable bonds is 7. The first-order valence-electron chi connectivity index (χ1n) is 5.86. The minimum atomic E-state index is 0.787. The van der Waals surface area contributed by atoms with Gasteiger partial charge in [-0.05, 0) is 14.1 Å². The van der Waals surface area contributed by atoms with Crippen molar-refractivity contribution in [2.75, 3.05) is 66.6 Å². The van der Waals surface area contributed by atoms with Crippen LogP contribution in [0.4, 0.5) is 0 Å². The van der Waals surface area contributed by atoms with Gasteiger partial charge in [0.1, 0.15) is 0 Å². The molecule has 0 aromatic heterocycles. The van der Waals surface area contributed by atoms with E-state index in [0.29, 0.717) is 0 Å². The van der Waals surface area contributed by atoms with Crippen molar-refractivity contribution in [3.8, 4) is 0 Å². The van der Waals surface area contributed by atoms with Gasteiger partial charge in [-0.2, -0.15) is 0 Å². The van der Waals surface area contributed by atoms with E-state index in [4.69, 9.17) is 4.74 Å². The second kappa shape index (κ2) is 7.60. The Morgan fingerprint density at radius 1 is 1.19 bits per heavy atom. The number of hydrogen-bond acceptors (Lipinski definition) is 4. The first-order chi connectivity index (χ1) is 7.72. The summed E-state index contributed by atoms with van der Waals surface area (Å²) in [4.78, 5) is 16.8. The molecule has 1 heterocycles. The summed E-state index contributed by atoms with van der Waals surface area (Å²) in [6.07, 6.45) is 0.935. The highest BCUT2D eigenvalue weighted by molar-refractivity contribution is 5.47. The first-order valence-corrected chi connectivity index (χ1v) is 5.86. The van der Waals surface area contributed by atoms with E-state index in [-0.39, 0.29) is 0 Å². The topological polar surface area (TPSA) is 36.0 Å². The predicted octanol–water partition coefficient (Wildman–Crippen LogP) is -0.661. The van der Waals surface area contributed by atoms with Crippen LogP contribution in [-0.4, -0.2) is 87.7 Å². The average molecular weight is 229 g/mol. The molecule has 0 atom stereocenters. The zero-order chi connectivity index (χ0) is 11.8. The molecule has 16 heavy (non-hydrogen) atoms. The molecular weight excluding hydrogens is 206 g/mol. The van der Waals surface area contributed by atoms with E-state index in [1.165, 1.54) is 0 Å². The van der Waals surface area contributed by atoms with E-state index in [0.717, 1.165) is 58.9 Å². The summed E-state index contributed by atoms with van der Waals surface area (Å²) in [5, 5.41) is 0. The maximum Gasteiger partial charge on any atom is 0.209 e. The van der Waals surface area contributed by atoms with Crippen LogP contribution in [0, 0.1) is 0 Å². The molecule has 0 N–H and O–H groups in total. The van der Waals surface area contributed by atoms with Crippen molar-refractivity contribution < 1.29 is 9.53 Å². The predicted molar refractivity (Wildman–Crippen MR) is 63.5 cm³/mol. The molecule has 0 spiro atoms. The van der Waals surface area contributed by atoms with Crippen LogP contribution in [0.15, 0.2) is 0 Å². The van der Waals surface area contributed by atoms with Gasteiger partial charge in [-0.3, -0.25) is 9.69 Å². The Morgan fingerprint density at radius 2 is 1.88 bits per heavy atom. The van der Waals surface area contributed by atoms with E-state index in [2.05, 4.69) is 9.80 Å². The number of ether oxygens (including phenoxy) is 1. The van der Waals surface area contributed by atoms with Crippen LogP contribution >= 0.6 is 0 Å². The summed E-state index contributed by atoms with van der Waals surface area (Å²) in [6.45, 7) is 7.16. The lowest BCUT2D eigenvalue weighted by molar-refractivity contribution is -0.119. The molecule has 0 saturated carbocycles. The van der Waals surface area contributed by atoms with Gasteiger partial charge in [0.25, 0.3) is 0 Å². The summed E-state index contributed by atoms with van der Waals surface area (Å²) in [5.41, 5.74) is 0. The quantitative estimate of drug-likeness (QED) is 0.429. The number of piperazine rings is 1. The van der Waals surface area contributed by atoms with Gasteiger partial charge in [-0.15, -0.1) is 0 Å². The second-order valence-electron chi connectivity index (χ2n) is 4.40. The van der Waals surface area contributed by atoms with Crippen LogP contribution in [0.1, 0.15) is 0 Å². The SMILES string of the molecule is CN(C)CCOCCN1CCN(C=O)CC1. The third-order valence-corrected chi connectivity index (χ3v) is 2.79. The summed E-state index contributed by atoms with van der Waals surface area (Å²) < 4.78 is 5.53. The zero-order valence-corrected chi connectivity index (χ0v) is 10.4. The lowest BCUT2D eigenvalue weighted by Gasteiger charge is -2.32. The second-order valence-corrected chi connectivity index (χ2v) is 4.40. The van der Waals surface area contributed by atoms with E-state index >= 15 is 0 Å². The largest absolute Gasteiger partial charge is 0.379 e. The van der Waals surface area contributed by atoms with Gasteiger partial charge in [-0.1, -0.05) is 0 Å². The van der Waals surface area contributed by atoms with Crippen LogP contribution in [0.5, 0.6) is 0 Å². The average Bonchev–Trinajstić information content (AvgIpc) is 2.29. The number of carbonyl (C=O) groups excluding carboxylic acids is 1. The Bertz CT molecular complexity index is 192. The van der Waals surface area contributed by atoms with Crippen LogP contribution < -0.4 is 0 Å². The Kier molecular flexibility index (Phi) is 6.37. The number of hydrogen-bond donors (Lipinski definition) is 0. The molecule has 1 rings (SSSR count). The van der Waals surface area contributed by atoms with E-state index in [9.17, 15) is 4.79 Å². The fourth-order valence-electron chi connectivity index (χ4n) is 1.64. The van der Waals surface area contributed by atoms with Gasteiger partial charge in [-0.25, -0.2) is 0 Å². The van der Waals surface area contributed by atoms with Crippen LogP contribution in [0.25, 0.3) is 0 Å². The molecule has 0 bridgehead atoms. The molecular formula is C11H23N3O2. The molecule has 5 heteroatoms. The molecule has 1 saturated heterocycles. The fourth-order valence-corrected chi connectivity index (χ4v) is 1.64. The number of nitrogens with zero attached hydrogens (tertiary/aromatic N) is 3. The lowest BCUT2D eigenvalue weighted by atomic mass is 10.3. The highest BCUT2D eigenvalue weighted by Gasteiger charge is 2.14.